The van der Waals surface area contributed by atoms with Crippen LogP contribution in [0.4, 0.5) is 0 Å². The van der Waals surface area contributed by atoms with E-state index in [1.807, 2.05) is 55.5 Å². The second-order valence-corrected chi connectivity index (χ2v) is 9.49. The van der Waals surface area contributed by atoms with Crippen LogP contribution >= 0.6 is 0 Å². The van der Waals surface area contributed by atoms with Crippen LogP contribution < -0.4 is 24.3 Å². The number of aromatic nitrogens is 1. The fourth-order valence-corrected chi connectivity index (χ4v) is 4.31. The lowest BCUT2D eigenvalue weighted by Gasteiger charge is -2.26. The lowest BCUT2D eigenvalue weighted by atomic mass is 9.88. The number of rotatable bonds is 13. The van der Waals surface area contributed by atoms with Crippen molar-refractivity contribution in [2.45, 2.75) is 45.8 Å². The average Bonchev–Trinajstić information content (AvgIpc) is 2.96. The SMILES string of the molecule is COc1cccc(CC(Cc2cccc(OC)c2)[C@H](C)OC(=O)[C@H](C)NC(=O)c2nccc(OC)c2OC(C)=O)c1. The van der Waals surface area contributed by atoms with Crippen molar-refractivity contribution in [1.82, 2.24) is 10.3 Å². The van der Waals surface area contributed by atoms with Gasteiger partial charge in [-0.3, -0.25) is 9.59 Å². The molecule has 1 N–H and O–H groups in total. The summed E-state index contributed by atoms with van der Waals surface area (Å²) in [4.78, 5) is 41.7. The minimum absolute atomic E-state index is 0.100. The fraction of sp³-hybridized carbons (Fsp3) is 0.355. The molecule has 3 rings (SSSR count). The molecule has 0 radical (unpaired) electrons. The Bertz CT molecular complexity index is 1310. The Balaban J connectivity index is 1.76. The fourth-order valence-electron chi connectivity index (χ4n) is 4.31. The topological polar surface area (TPSA) is 122 Å². The Labute approximate surface area is 239 Å². The van der Waals surface area contributed by atoms with Gasteiger partial charge < -0.3 is 29.0 Å². The number of nitrogens with zero attached hydrogens (tertiary/aromatic N) is 1. The maximum absolute atomic E-state index is 13.1. The zero-order chi connectivity index (χ0) is 29.9. The summed E-state index contributed by atoms with van der Waals surface area (Å²) in [5.74, 6) is -0.592. The third-order valence-electron chi connectivity index (χ3n) is 6.48. The van der Waals surface area contributed by atoms with Crippen LogP contribution in [0.1, 0.15) is 42.4 Å². The van der Waals surface area contributed by atoms with Crippen LogP contribution in [0.25, 0.3) is 0 Å². The van der Waals surface area contributed by atoms with Gasteiger partial charge in [0, 0.05) is 25.1 Å². The molecule has 1 amide bonds. The molecule has 0 spiro atoms. The molecule has 0 aliphatic carbocycles. The molecule has 10 heteroatoms. The summed E-state index contributed by atoms with van der Waals surface area (Å²) < 4.78 is 27.0. The molecule has 10 nitrogen and oxygen atoms in total. The number of amides is 1. The second-order valence-electron chi connectivity index (χ2n) is 9.49. The first-order valence-corrected chi connectivity index (χ1v) is 13.1. The van der Waals surface area contributed by atoms with Gasteiger partial charge in [0.05, 0.1) is 21.3 Å². The van der Waals surface area contributed by atoms with Gasteiger partial charge in [0.15, 0.2) is 11.4 Å². The van der Waals surface area contributed by atoms with Crippen molar-refractivity contribution in [2.24, 2.45) is 5.92 Å². The van der Waals surface area contributed by atoms with Crippen molar-refractivity contribution >= 4 is 17.8 Å². The summed E-state index contributed by atoms with van der Waals surface area (Å²) in [6.07, 6.45) is 2.06. The first kappa shape index (κ1) is 30.9. The van der Waals surface area contributed by atoms with Crippen molar-refractivity contribution in [3.8, 4) is 23.0 Å². The quantitative estimate of drug-likeness (QED) is 0.305. The molecule has 0 aliphatic rings. The number of nitrogens with one attached hydrogen (secondary N) is 1. The molecule has 0 unspecified atom stereocenters. The molecule has 1 heterocycles. The van der Waals surface area contributed by atoms with Crippen molar-refractivity contribution in [3.05, 3.63) is 77.6 Å². The Morgan fingerprint density at radius 3 is 1.95 bits per heavy atom. The second kappa shape index (κ2) is 14.7. The Morgan fingerprint density at radius 2 is 1.44 bits per heavy atom. The molecule has 218 valence electrons. The van der Waals surface area contributed by atoms with Crippen LogP contribution in [0.5, 0.6) is 23.0 Å². The van der Waals surface area contributed by atoms with Gasteiger partial charge in [-0.2, -0.15) is 0 Å². The molecule has 0 saturated heterocycles. The summed E-state index contributed by atoms with van der Waals surface area (Å²) in [6.45, 7) is 4.54. The number of esters is 2. The summed E-state index contributed by atoms with van der Waals surface area (Å²) in [7, 11) is 4.60. The highest BCUT2D eigenvalue weighted by Gasteiger charge is 2.28. The highest BCUT2D eigenvalue weighted by atomic mass is 16.6. The molecule has 2 atom stereocenters. The summed E-state index contributed by atoms with van der Waals surface area (Å²) >= 11 is 0. The van der Waals surface area contributed by atoms with Crippen LogP contribution in [0.3, 0.4) is 0 Å². The summed E-state index contributed by atoms with van der Waals surface area (Å²) in [5, 5.41) is 2.58. The monoisotopic (exact) mass is 564 g/mol. The van der Waals surface area contributed by atoms with Gasteiger partial charge in [0.25, 0.3) is 5.91 Å². The Morgan fingerprint density at radius 1 is 0.854 bits per heavy atom. The predicted octanol–water partition coefficient (Wildman–Crippen LogP) is 4.18. The van der Waals surface area contributed by atoms with Crippen LogP contribution in [-0.2, 0) is 27.2 Å². The zero-order valence-electron chi connectivity index (χ0n) is 24.1. The van der Waals surface area contributed by atoms with E-state index in [-0.39, 0.29) is 23.1 Å². The maximum atomic E-state index is 13.1. The van der Waals surface area contributed by atoms with Crippen LogP contribution in [0.2, 0.25) is 0 Å². The third-order valence-corrected chi connectivity index (χ3v) is 6.48. The summed E-state index contributed by atoms with van der Waals surface area (Å²) in [6, 6.07) is 15.9. The molecule has 2 aromatic carbocycles. The molecule has 0 saturated carbocycles. The predicted molar refractivity (Wildman–Crippen MR) is 151 cm³/mol. The lowest BCUT2D eigenvalue weighted by molar-refractivity contribution is -0.152. The summed E-state index contributed by atoms with van der Waals surface area (Å²) in [5.41, 5.74) is 1.87. The highest BCUT2D eigenvalue weighted by Crippen LogP contribution is 2.30. The number of carbonyl (C=O) groups excluding carboxylic acids is 3. The van der Waals surface area contributed by atoms with E-state index in [4.69, 9.17) is 23.7 Å². The molecular weight excluding hydrogens is 528 g/mol. The van der Waals surface area contributed by atoms with Gasteiger partial charge >= 0.3 is 11.9 Å². The molecule has 41 heavy (non-hydrogen) atoms. The van der Waals surface area contributed by atoms with Gasteiger partial charge in [-0.1, -0.05) is 24.3 Å². The molecule has 0 aliphatic heterocycles. The number of ether oxygens (including phenoxy) is 5. The maximum Gasteiger partial charge on any atom is 0.328 e. The van der Waals surface area contributed by atoms with E-state index in [1.54, 1.807) is 14.2 Å². The van der Waals surface area contributed by atoms with Crippen molar-refractivity contribution < 1.29 is 38.1 Å². The minimum Gasteiger partial charge on any atom is -0.497 e. The first-order chi connectivity index (χ1) is 19.6. The van der Waals surface area contributed by atoms with Crippen molar-refractivity contribution in [3.63, 3.8) is 0 Å². The Kier molecular flexibility index (Phi) is 11.1. The number of carbonyl (C=O) groups is 3. The van der Waals surface area contributed by atoms with Gasteiger partial charge in [-0.15, -0.1) is 0 Å². The average molecular weight is 565 g/mol. The van der Waals surface area contributed by atoms with Crippen molar-refractivity contribution in [1.29, 1.82) is 0 Å². The van der Waals surface area contributed by atoms with Crippen molar-refractivity contribution in [2.75, 3.05) is 21.3 Å². The van der Waals surface area contributed by atoms with E-state index >= 15 is 0 Å². The smallest absolute Gasteiger partial charge is 0.328 e. The van der Waals surface area contributed by atoms with Gasteiger partial charge in [-0.25, -0.2) is 9.78 Å². The molecule has 0 fully saturated rings. The Hall–Kier alpha value is -4.60. The molecule has 0 bridgehead atoms. The molecule has 1 aromatic heterocycles. The highest BCUT2D eigenvalue weighted by molar-refractivity contribution is 5.98. The minimum atomic E-state index is -1.02. The van der Waals surface area contributed by atoms with Gasteiger partial charge in [-0.05, 0) is 62.1 Å². The zero-order valence-corrected chi connectivity index (χ0v) is 24.1. The number of benzene rings is 2. The largest absolute Gasteiger partial charge is 0.497 e. The van der Waals surface area contributed by atoms with E-state index in [1.165, 1.54) is 33.2 Å². The first-order valence-electron chi connectivity index (χ1n) is 13.1. The van der Waals surface area contributed by atoms with Crippen LogP contribution in [0.15, 0.2) is 60.8 Å². The van der Waals surface area contributed by atoms with Gasteiger partial charge in [0.2, 0.25) is 5.75 Å². The van der Waals surface area contributed by atoms with Gasteiger partial charge in [0.1, 0.15) is 23.6 Å². The lowest BCUT2D eigenvalue weighted by Crippen LogP contribution is -2.42. The van der Waals surface area contributed by atoms with Crippen LogP contribution in [-0.4, -0.2) is 56.3 Å². The van der Waals surface area contributed by atoms with E-state index in [0.717, 1.165) is 22.6 Å². The third kappa shape index (κ3) is 8.69. The van der Waals surface area contributed by atoms with E-state index < -0.39 is 30.0 Å². The number of hydrogen-bond acceptors (Lipinski definition) is 9. The van der Waals surface area contributed by atoms with E-state index in [9.17, 15) is 14.4 Å². The van der Waals surface area contributed by atoms with E-state index in [2.05, 4.69) is 10.3 Å². The molecular formula is C31H36N2O8. The van der Waals surface area contributed by atoms with E-state index in [0.29, 0.717) is 12.8 Å². The number of pyridine rings is 1. The molecule has 3 aromatic rings. The number of hydrogen-bond donors (Lipinski definition) is 1. The number of methoxy groups -OCH3 is 3. The van der Waals surface area contributed by atoms with Crippen LogP contribution in [0, 0.1) is 5.92 Å². The normalized spacial score (nSPS) is 12.2. The standard InChI is InChI=1S/C31H36N2O8/c1-19(33-30(35)28-29(41-21(3)34)27(39-6)13-14-32-28)31(36)40-20(2)24(15-22-9-7-11-25(17-22)37-4)16-23-10-8-12-26(18-23)38-5/h7-14,17-20,24H,15-16H2,1-6H3,(H,33,35)/t19-,20-/m0/s1.